The summed E-state index contributed by atoms with van der Waals surface area (Å²) in [7, 11) is 0. The Kier molecular flexibility index (Phi) is 5.43. The molecule has 0 unspecified atom stereocenters. The highest BCUT2D eigenvalue weighted by atomic mass is 35.5. The van der Waals surface area contributed by atoms with Gasteiger partial charge in [0.1, 0.15) is 17.9 Å². The third-order valence-electron chi connectivity index (χ3n) is 2.66. The summed E-state index contributed by atoms with van der Waals surface area (Å²) in [6.45, 7) is -1.48. The van der Waals surface area contributed by atoms with Gasteiger partial charge >= 0.3 is 6.18 Å². The van der Waals surface area contributed by atoms with Crippen molar-refractivity contribution in [3.8, 4) is 5.75 Å². The van der Waals surface area contributed by atoms with Crippen LogP contribution < -0.4 is 10.1 Å². The zero-order valence-corrected chi connectivity index (χ0v) is 12.4. The number of rotatable bonds is 6. The van der Waals surface area contributed by atoms with E-state index in [1.54, 1.807) is 0 Å². The Balaban J connectivity index is 1.99. The summed E-state index contributed by atoms with van der Waals surface area (Å²) in [4.78, 5) is 15.7. The van der Waals surface area contributed by atoms with E-state index in [9.17, 15) is 18.0 Å². The fraction of sp³-hybridized carbons (Fsp3) is 0.308. The smallest absolute Gasteiger partial charge is 0.422 e. The van der Waals surface area contributed by atoms with E-state index >= 15 is 0 Å². The fourth-order valence-corrected chi connectivity index (χ4v) is 1.84. The van der Waals surface area contributed by atoms with Gasteiger partial charge in [0.15, 0.2) is 6.61 Å². The molecule has 1 aromatic heterocycles. The van der Waals surface area contributed by atoms with E-state index in [-0.39, 0.29) is 22.9 Å². The lowest BCUT2D eigenvalue weighted by Crippen LogP contribution is -2.20. The van der Waals surface area contributed by atoms with E-state index in [1.807, 2.05) is 0 Å². The Morgan fingerprint density at radius 3 is 2.83 bits per heavy atom. The van der Waals surface area contributed by atoms with Crippen molar-refractivity contribution in [2.75, 3.05) is 11.9 Å². The van der Waals surface area contributed by atoms with Crippen molar-refractivity contribution in [1.82, 2.24) is 15.2 Å². The van der Waals surface area contributed by atoms with Crippen LogP contribution in [0.4, 0.5) is 18.9 Å². The minimum Gasteiger partial charge on any atom is -0.482 e. The first-order valence-electron chi connectivity index (χ1n) is 6.47. The molecule has 2 aromatic rings. The number of nitrogens with zero attached hydrogens (tertiary/aromatic N) is 2. The largest absolute Gasteiger partial charge is 0.482 e. The highest BCUT2D eigenvalue weighted by Crippen LogP contribution is 2.30. The topological polar surface area (TPSA) is 79.9 Å². The first kappa shape index (κ1) is 17.1. The zero-order valence-electron chi connectivity index (χ0n) is 11.7. The minimum atomic E-state index is -4.49. The Morgan fingerprint density at radius 2 is 2.17 bits per heavy atom. The van der Waals surface area contributed by atoms with Gasteiger partial charge in [-0.3, -0.25) is 9.89 Å². The molecule has 1 aromatic carbocycles. The normalized spacial score (nSPS) is 11.3. The van der Waals surface area contributed by atoms with Crippen LogP contribution in [0.5, 0.6) is 5.75 Å². The molecule has 6 nitrogen and oxygen atoms in total. The van der Waals surface area contributed by atoms with Crippen LogP contribution in [-0.4, -0.2) is 33.9 Å². The first-order valence-corrected chi connectivity index (χ1v) is 6.84. The van der Waals surface area contributed by atoms with Gasteiger partial charge in [0.05, 0.1) is 5.69 Å². The fourth-order valence-electron chi connectivity index (χ4n) is 1.67. The van der Waals surface area contributed by atoms with Gasteiger partial charge in [0, 0.05) is 23.9 Å². The van der Waals surface area contributed by atoms with E-state index in [1.165, 1.54) is 24.5 Å². The molecule has 124 valence electrons. The molecule has 1 amide bonds. The van der Waals surface area contributed by atoms with Crippen LogP contribution in [0.2, 0.25) is 5.02 Å². The number of anilines is 1. The highest BCUT2D eigenvalue weighted by molar-refractivity contribution is 6.30. The molecule has 0 spiro atoms. The van der Waals surface area contributed by atoms with Crippen molar-refractivity contribution < 1.29 is 22.7 Å². The molecule has 0 aliphatic carbocycles. The molecule has 0 radical (unpaired) electrons. The number of nitrogens with one attached hydrogen (secondary N) is 2. The van der Waals surface area contributed by atoms with E-state index in [4.69, 9.17) is 11.6 Å². The van der Waals surface area contributed by atoms with Crippen molar-refractivity contribution in [3.63, 3.8) is 0 Å². The molecule has 1 heterocycles. The lowest BCUT2D eigenvalue weighted by atomic mass is 10.2. The van der Waals surface area contributed by atoms with Gasteiger partial charge in [-0.15, -0.1) is 0 Å². The van der Waals surface area contributed by atoms with E-state index in [2.05, 4.69) is 25.2 Å². The predicted molar refractivity (Wildman–Crippen MR) is 76.3 cm³/mol. The van der Waals surface area contributed by atoms with Gasteiger partial charge < -0.3 is 10.1 Å². The molecular weight excluding hydrogens is 337 g/mol. The number of halogens is 4. The maximum atomic E-state index is 12.3. The number of benzene rings is 1. The monoisotopic (exact) mass is 348 g/mol. The minimum absolute atomic E-state index is 0.0799. The number of carbonyl (C=O) groups excluding carboxylic acids is 1. The van der Waals surface area contributed by atoms with Crippen molar-refractivity contribution in [1.29, 1.82) is 0 Å². The van der Waals surface area contributed by atoms with Crippen LogP contribution in [0.3, 0.4) is 0 Å². The second-order valence-corrected chi connectivity index (χ2v) is 4.96. The van der Waals surface area contributed by atoms with Crippen molar-refractivity contribution in [3.05, 3.63) is 35.4 Å². The molecule has 0 fully saturated rings. The van der Waals surface area contributed by atoms with E-state index < -0.39 is 18.7 Å². The number of aromatic nitrogens is 3. The quantitative estimate of drug-likeness (QED) is 0.841. The lowest BCUT2D eigenvalue weighted by Gasteiger charge is -2.14. The molecule has 0 saturated carbocycles. The summed E-state index contributed by atoms with van der Waals surface area (Å²) in [5.41, 5.74) is 0.112. The highest BCUT2D eigenvalue weighted by Gasteiger charge is 2.29. The molecule has 0 saturated heterocycles. The maximum absolute atomic E-state index is 12.3. The maximum Gasteiger partial charge on any atom is 0.422 e. The molecule has 10 heteroatoms. The first-order chi connectivity index (χ1) is 10.8. The van der Waals surface area contributed by atoms with Gasteiger partial charge in [-0.25, -0.2) is 4.98 Å². The number of H-pyrrole nitrogens is 1. The summed E-state index contributed by atoms with van der Waals surface area (Å²) in [6.07, 6.45) is -2.78. The Labute approximate surface area is 134 Å². The summed E-state index contributed by atoms with van der Waals surface area (Å²) in [6, 6.07) is 4.02. The predicted octanol–water partition coefficient (Wildman–Crippen LogP) is 2.97. The van der Waals surface area contributed by atoms with Gasteiger partial charge in [0.2, 0.25) is 5.91 Å². The molecule has 23 heavy (non-hydrogen) atoms. The zero-order chi connectivity index (χ0) is 16.9. The molecule has 0 aliphatic rings. The molecule has 0 bridgehead atoms. The number of ether oxygens (including phenoxy) is 1. The van der Waals surface area contributed by atoms with Gasteiger partial charge in [0.25, 0.3) is 0 Å². The van der Waals surface area contributed by atoms with Crippen molar-refractivity contribution in [2.24, 2.45) is 0 Å². The van der Waals surface area contributed by atoms with Crippen molar-refractivity contribution >= 4 is 23.2 Å². The Bertz CT molecular complexity index is 662. The third-order valence-corrected chi connectivity index (χ3v) is 2.90. The SMILES string of the molecule is O=C(CCc1ncn[nH]1)Nc1ccc(Cl)cc1OCC(F)(F)F. The second-order valence-electron chi connectivity index (χ2n) is 4.52. The summed E-state index contributed by atoms with van der Waals surface area (Å²) < 4.78 is 41.4. The average molecular weight is 349 g/mol. The van der Waals surface area contributed by atoms with E-state index in [0.717, 1.165) is 0 Å². The van der Waals surface area contributed by atoms with Crippen LogP contribution >= 0.6 is 11.6 Å². The van der Waals surface area contributed by atoms with Gasteiger partial charge in [-0.2, -0.15) is 18.3 Å². The second kappa shape index (κ2) is 7.32. The van der Waals surface area contributed by atoms with E-state index in [0.29, 0.717) is 12.2 Å². The Morgan fingerprint density at radius 1 is 1.39 bits per heavy atom. The molecule has 2 N–H and O–H groups in total. The van der Waals surface area contributed by atoms with Gasteiger partial charge in [-0.1, -0.05) is 11.6 Å². The number of hydrogen-bond acceptors (Lipinski definition) is 4. The summed E-state index contributed by atoms with van der Waals surface area (Å²) in [5, 5.41) is 8.93. The third kappa shape index (κ3) is 5.78. The molecular formula is C13H12ClF3N4O2. The van der Waals surface area contributed by atoms with Crippen LogP contribution in [0.1, 0.15) is 12.2 Å². The van der Waals surface area contributed by atoms with Crippen molar-refractivity contribution in [2.45, 2.75) is 19.0 Å². The van der Waals surface area contributed by atoms with Crippen LogP contribution in [-0.2, 0) is 11.2 Å². The molecule has 0 aliphatic heterocycles. The number of hydrogen-bond donors (Lipinski definition) is 2. The lowest BCUT2D eigenvalue weighted by molar-refractivity contribution is -0.153. The Hall–Kier alpha value is -2.29. The standard InChI is InChI=1S/C13H12ClF3N4O2/c14-8-1-2-9(10(5-8)23-6-13(15,16)17)20-12(22)4-3-11-18-7-19-21-11/h1-2,5,7H,3-4,6H2,(H,20,22)(H,18,19,21). The summed E-state index contributed by atoms with van der Waals surface area (Å²) >= 11 is 5.74. The molecule has 0 atom stereocenters. The number of amides is 1. The van der Waals surface area contributed by atoms with Crippen LogP contribution in [0.25, 0.3) is 0 Å². The molecule has 2 rings (SSSR count). The number of aromatic amines is 1. The van der Waals surface area contributed by atoms with Gasteiger partial charge in [-0.05, 0) is 12.1 Å². The average Bonchev–Trinajstić information content (AvgIpc) is 2.98. The summed E-state index contributed by atoms with van der Waals surface area (Å²) in [5.74, 6) is -0.0202. The van der Waals surface area contributed by atoms with Crippen LogP contribution in [0.15, 0.2) is 24.5 Å². The number of carbonyl (C=O) groups is 1. The number of aryl methyl sites for hydroxylation is 1. The number of alkyl halides is 3. The van der Waals surface area contributed by atoms with Crippen LogP contribution in [0, 0.1) is 0 Å².